The fraction of sp³-hybridized carbons (Fsp3) is 0.154. The molecule has 0 atom stereocenters. The van der Waals surface area contributed by atoms with Gasteiger partial charge in [-0.1, -0.05) is 23.7 Å². The molecule has 50 heavy (non-hydrogen) atoms. The summed E-state index contributed by atoms with van der Waals surface area (Å²) in [6, 6.07) is 7.23. The lowest BCUT2D eigenvalue weighted by Gasteiger charge is -2.13. The smallest absolute Gasteiger partial charge is 0.477 e. The molecule has 268 valence electrons. The van der Waals surface area contributed by atoms with Gasteiger partial charge >= 0.3 is 36.2 Å². The maximum Gasteiger partial charge on any atom is 0.573 e. The molecule has 0 saturated heterocycles. The molecule has 1 aromatic heterocycles. The second-order valence-electron chi connectivity index (χ2n) is 9.13. The highest BCUT2D eigenvalue weighted by Gasteiger charge is 2.35. The van der Waals surface area contributed by atoms with Gasteiger partial charge in [0.1, 0.15) is 27.7 Å². The number of aromatic carboxylic acids is 1. The molecule has 3 aromatic carbocycles. The van der Waals surface area contributed by atoms with Crippen molar-refractivity contribution in [3.8, 4) is 23.3 Å². The van der Waals surface area contributed by atoms with Gasteiger partial charge in [-0.2, -0.15) is 13.2 Å². The number of benzene rings is 3. The zero-order valence-corrected chi connectivity index (χ0v) is 26.2. The molecule has 16 nitrogen and oxygen atoms in total. The maximum atomic E-state index is 12.6. The number of rotatable bonds is 8. The highest BCUT2D eigenvalue weighted by atomic mass is 35.5. The third-order valence-corrected chi connectivity index (χ3v) is 7.44. The zero-order chi connectivity index (χ0) is 37.8. The quantitative estimate of drug-likeness (QED) is 0.135. The van der Waals surface area contributed by atoms with Crippen molar-refractivity contribution in [2.75, 3.05) is 7.11 Å². The van der Waals surface area contributed by atoms with E-state index in [0.29, 0.717) is 6.07 Å². The number of methoxy groups -OCH3 is 1. The summed E-state index contributed by atoms with van der Waals surface area (Å²) in [5, 5.41) is 22.8. The first-order valence-electron chi connectivity index (χ1n) is 12.7. The first-order valence-corrected chi connectivity index (χ1v) is 14.6. The molecule has 0 saturated carbocycles. The summed E-state index contributed by atoms with van der Waals surface area (Å²) in [5.41, 5.74) is -3.28. The number of hydrogen-bond donors (Lipinski definition) is 2. The van der Waals surface area contributed by atoms with E-state index in [1.165, 1.54) is 11.8 Å². The van der Waals surface area contributed by atoms with Gasteiger partial charge < -0.3 is 19.3 Å². The number of nitro benzene ring substituents is 1. The fourth-order valence-corrected chi connectivity index (χ4v) is 4.90. The summed E-state index contributed by atoms with van der Waals surface area (Å²) in [5.74, 6) is -2.88. The minimum absolute atomic E-state index is 0.125. The van der Waals surface area contributed by atoms with Crippen LogP contribution in [0.15, 0.2) is 70.4 Å². The van der Waals surface area contributed by atoms with E-state index in [1.807, 2.05) is 0 Å². The summed E-state index contributed by atoms with van der Waals surface area (Å²) < 4.78 is 115. The second-order valence-corrected chi connectivity index (χ2v) is 11.2. The Morgan fingerprint density at radius 1 is 1.02 bits per heavy atom. The number of amides is 1. The van der Waals surface area contributed by atoms with Gasteiger partial charge in [0.25, 0.3) is 15.7 Å². The number of aromatic nitrogens is 3. The predicted molar refractivity (Wildman–Crippen MR) is 155 cm³/mol. The monoisotopic (exact) mass is 757 g/mol. The molecule has 1 amide bonds. The number of alkyl halides is 6. The maximum absolute atomic E-state index is 12.6. The topological polar surface area (TPSA) is 211 Å². The number of nitro groups is 1. The summed E-state index contributed by atoms with van der Waals surface area (Å²) >= 11 is 5.72. The minimum atomic E-state index is -5.15. The van der Waals surface area contributed by atoms with Crippen molar-refractivity contribution in [3.05, 3.63) is 97.4 Å². The number of sulfonamides is 1. The molecule has 0 spiro atoms. The number of halogens is 7. The van der Waals surface area contributed by atoms with Gasteiger partial charge in [-0.25, -0.2) is 32.1 Å². The number of carboxylic acid groups (broad SMARTS) is 1. The summed E-state index contributed by atoms with van der Waals surface area (Å²) in [6.45, 7) is 0. The molecule has 0 aliphatic rings. The van der Waals surface area contributed by atoms with Crippen molar-refractivity contribution in [2.24, 2.45) is 7.05 Å². The number of ether oxygens (including phenoxy) is 3. The number of carbonyl (C=O) groups is 2. The summed E-state index contributed by atoms with van der Waals surface area (Å²) in [7, 11) is -2.45. The van der Waals surface area contributed by atoms with E-state index < -0.39 is 72.6 Å². The Bertz CT molecular complexity index is 2120. The van der Waals surface area contributed by atoms with E-state index in [4.69, 9.17) is 26.2 Å². The molecule has 1 heterocycles. The lowest BCUT2D eigenvalue weighted by Crippen LogP contribution is -2.40. The van der Waals surface area contributed by atoms with E-state index in [9.17, 15) is 59.3 Å². The van der Waals surface area contributed by atoms with Gasteiger partial charge in [0, 0.05) is 19.2 Å². The van der Waals surface area contributed by atoms with Crippen molar-refractivity contribution in [1.29, 1.82) is 0 Å². The standard InChI is InChI=1S/C14H7ClF3NO5.C12H11F3N4O6S/c15-10-5-7(14(16,17)18)1-4-12(10)24-8-2-3-11(19(22)23)9(6-8)13(20)21;1-18-10(24-2)16-19(11(18)21)9(20)17-26(22,23)8-6-4-3-5-7(8)25-12(13,14)15/h1-6H,(H,20,21);3-6H,1-2H3,(H,17,20). The third kappa shape index (κ3) is 9.40. The van der Waals surface area contributed by atoms with E-state index in [-0.39, 0.29) is 27.2 Å². The van der Waals surface area contributed by atoms with Crippen LogP contribution >= 0.6 is 11.6 Å². The van der Waals surface area contributed by atoms with E-state index in [0.717, 1.165) is 66.3 Å². The Balaban J connectivity index is 0.000000271. The van der Waals surface area contributed by atoms with Crippen molar-refractivity contribution in [1.82, 2.24) is 19.1 Å². The van der Waals surface area contributed by atoms with Crippen LogP contribution in [-0.2, 0) is 23.2 Å². The lowest BCUT2D eigenvalue weighted by molar-refractivity contribution is -0.385. The number of carbonyl (C=O) groups excluding carboxylic acids is 1. The van der Waals surface area contributed by atoms with E-state index in [1.54, 1.807) is 0 Å². The van der Waals surface area contributed by atoms with Gasteiger partial charge in [0.2, 0.25) is 0 Å². The molecule has 2 N–H and O–H groups in total. The van der Waals surface area contributed by atoms with Gasteiger partial charge in [-0.15, -0.1) is 23.0 Å². The van der Waals surface area contributed by atoms with Gasteiger partial charge in [0.15, 0.2) is 0 Å². The molecular formula is C26H18ClF6N5O11S. The van der Waals surface area contributed by atoms with Crippen molar-refractivity contribution in [2.45, 2.75) is 17.4 Å². The average molecular weight is 758 g/mol. The molecule has 0 fully saturated rings. The second kappa shape index (κ2) is 14.7. The molecule has 4 aromatic rings. The highest BCUT2D eigenvalue weighted by Crippen LogP contribution is 2.37. The molecule has 0 radical (unpaired) electrons. The van der Waals surface area contributed by atoms with Crippen LogP contribution in [0.4, 0.5) is 36.8 Å². The number of para-hydroxylation sites is 1. The normalized spacial score (nSPS) is 11.5. The van der Waals surface area contributed by atoms with Crippen LogP contribution in [0.2, 0.25) is 5.02 Å². The molecule has 4 rings (SSSR count). The average Bonchev–Trinajstić information content (AvgIpc) is 3.30. The molecule has 0 aliphatic carbocycles. The minimum Gasteiger partial charge on any atom is -0.477 e. The highest BCUT2D eigenvalue weighted by molar-refractivity contribution is 7.90. The Hall–Kier alpha value is -5.84. The lowest BCUT2D eigenvalue weighted by atomic mass is 10.1. The van der Waals surface area contributed by atoms with Crippen LogP contribution in [-0.4, -0.2) is 58.3 Å². The van der Waals surface area contributed by atoms with Crippen molar-refractivity contribution < 1.29 is 68.6 Å². The first-order chi connectivity index (χ1) is 23.1. The van der Waals surface area contributed by atoms with E-state index >= 15 is 0 Å². The predicted octanol–water partition coefficient (Wildman–Crippen LogP) is 5.19. The molecule has 24 heteroatoms. The Kier molecular flexibility index (Phi) is 11.4. The van der Waals surface area contributed by atoms with Crippen LogP contribution in [0.1, 0.15) is 15.9 Å². The Morgan fingerprint density at radius 2 is 1.66 bits per heavy atom. The van der Waals surface area contributed by atoms with Crippen molar-refractivity contribution in [3.63, 3.8) is 0 Å². The Morgan fingerprint density at radius 3 is 2.18 bits per heavy atom. The fourth-order valence-electron chi connectivity index (χ4n) is 3.62. The van der Waals surface area contributed by atoms with Gasteiger partial charge in [-0.05, 0) is 36.4 Å². The molecule has 0 unspecified atom stereocenters. The number of nitrogens with zero attached hydrogens (tertiary/aromatic N) is 4. The summed E-state index contributed by atoms with van der Waals surface area (Å²) in [6.07, 6.45) is -9.73. The number of carboxylic acids is 1. The van der Waals surface area contributed by atoms with Crippen molar-refractivity contribution >= 4 is 39.3 Å². The largest absolute Gasteiger partial charge is 0.573 e. The van der Waals surface area contributed by atoms with Crippen LogP contribution in [0.3, 0.4) is 0 Å². The van der Waals surface area contributed by atoms with Gasteiger partial charge in [0.05, 0.1) is 22.6 Å². The molecule has 0 aliphatic heterocycles. The number of nitrogens with one attached hydrogen (secondary N) is 1. The SMILES string of the molecule is COc1nn(C(=O)NS(=O)(=O)c2ccccc2OC(F)(F)F)c(=O)n1C.O=C(O)c1cc(Oc2ccc(C(F)(F)F)cc2Cl)ccc1[N+](=O)[O-]. The van der Waals surface area contributed by atoms with Crippen LogP contribution in [0.25, 0.3) is 0 Å². The first kappa shape index (κ1) is 38.6. The van der Waals surface area contributed by atoms with Crippen LogP contribution in [0.5, 0.6) is 23.3 Å². The summed E-state index contributed by atoms with van der Waals surface area (Å²) in [4.78, 5) is 43.8. The van der Waals surface area contributed by atoms with Crippen LogP contribution < -0.4 is 24.6 Å². The van der Waals surface area contributed by atoms with Gasteiger partial charge in [-0.3, -0.25) is 10.1 Å². The third-order valence-electron chi connectivity index (χ3n) is 5.78. The van der Waals surface area contributed by atoms with Crippen LogP contribution in [0, 0.1) is 10.1 Å². The Labute approximate surface area is 279 Å². The molecular weight excluding hydrogens is 740 g/mol. The molecule has 0 bridgehead atoms. The van der Waals surface area contributed by atoms with E-state index in [2.05, 4.69) is 9.84 Å². The zero-order valence-electron chi connectivity index (χ0n) is 24.6. The number of hydrogen-bond acceptors (Lipinski definition) is 11.